The van der Waals surface area contributed by atoms with E-state index in [2.05, 4.69) is 15.6 Å². The average Bonchev–Trinajstić information content (AvgIpc) is 3.23. The summed E-state index contributed by atoms with van der Waals surface area (Å²) in [6, 6.07) is 9.95. The van der Waals surface area contributed by atoms with Crippen molar-refractivity contribution in [2.45, 2.75) is 11.4 Å². The van der Waals surface area contributed by atoms with Gasteiger partial charge in [0, 0.05) is 4.90 Å². The molecule has 1 aromatic carbocycles. The molecular weight excluding hydrogens is 335 g/mol. The van der Waals surface area contributed by atoms with E-state index in [1.165, 1.54) is 23.9 Å². The van der Waals surface area contributed by atoms with Gasteiger partial charge >= 0.3 is 0 Å². The Morgan fingerprint density at radius 3 is 2.87 bits per heavy atom. The lowest BCUT2D eigenvalue weighted by Crippen LogP contribution is -2.24. The van der Waals surface area contributed by atoms with Gasteiger partial charge in [-0.05, 0) is 41.8 Å². The van der Waals surface area contributed by atoms with E-state index in [0.717, 1.165) is 9.90 Å². The van der Waals surface area contributed by atoms with Crippen LogP contribution >= 0.6 is 23.1 Å². The fourth-order valence-corrected chi connectivity index (χ4v) is 3.19. The van der Waals surface area contributed by atoms with Crippen molar-refractivity contribution in [3.63, 3.8) is 0 Å². The van der Waals surface area contributed by atoms with Crippen LogP contribution in [0.3, 0.4) is 0 Å². The summed E-state index contributed by atoms with van der Waals surface area (Å²) in [5.74, 6) is -0.123. The first-order chi connectivity index (χ1) is 11.2. The van der Waals surface area contributed by atoms with E-state index in [1.807, 2.05) is 17.5 Å². The van der Waals surface area contributed by atoms with Crippen molar-refractivity contribution in [3.05, 3.63) is 59.5 Å². The zero-order chi connectivity index (χ0) is 16.1. The Bertz CT molecular complexity index is 771. The number of benzene rings is 1. The van der Waals surface area contributed by atoms with E-state index in [-0.39, 0.29) is 17.5 Å². The molecule has 0 aliphatic carbocycles. The average molecular weight is 348 g/mol. The first-order valence-electron chi connectivity index (χ1n) is 6.81. The molecule has 0 atom stereocenters. The normalized spacial score (nSPS) is 10.7. The van der Waals surface area contributed by atoms with Crippen molar-refractivity contribution in [3.8, 4) is 5.00 Å². The largest absolute Gasteiger partial charge is 0.350 e. The van der Waals surface area contributed by atoms with Crippen LogP contribution in [0.15, 0.2) is 52.9 Å². The molecule has 1 amide bonds. The van der Waals surface area contributed by atoms with Crippen molar-refractivity contribution in [1.29, 1.82) is 0 Å². The van der Waals surface area contributed by atoms with Gasteiger partial charge < -0.3 is 5.32 Å². The lowest BCUT2D eigenvalue weighted by Gasteiger charge is -2.03. The van der Waals surface area contributed by atoms with Gasteiger partial charge in [-0.15, -0.1) is 28.2 Å². The zero-order valence-corrected chi connectivity index (χ0v) is 13.6. The summed E-state index contributed by atoms with van der Waals surface area (Å²) in [6.45, 7) is 0.328. The summed E-state index contributed by atoms with van der Waals surface area (Å²) >= 11 is 2.92. The monoisotopic (exact) mass is 348 g/mol. The molecule has 0 saturated carbocycles. The first-order valence-corrected chi connectivity index (χ1v) is 8.67. The molecule has 1 N–H and O–H groups in total. The van der Waals surface area contributed by atoms with Gasteiger partial charge in [-0.25, -0.2) is 9.07 Å². The summed E-state index contributed by atoms with van der Waals surface area (Å²) in [6.07, 6.45) is 1.79. The minimum Gasteiger partial charge on any atom is -0.350 e. The second-order valence-electron chi connectivity index (χ2n) is 4.63. The Morgan fingerprint density at radius 1 is 1.30 bits per heavy atom. The Balaban J connectivity index is 1.46. The predicted molar refractivity (Wildman–Crippen MR) is 88.2 cm³/mol. The molecule has 0 unspecified atom stereocenters. The van der Waals surface area contributed by atoms with Crippen molar-refractivity contribution >= 4 is 29.0 Å². The molecule has 0 aliphatic rings. The number of nitrogens with one attached hydrogen (secondary N) is 1. The van der Waals surface area contributed by atoms with Crippen LogP contribution in [0.4, 0.5) is 4.39 Å². The molecule has 3 aromatic rings. The summed E-state index contributed by atoms with van der Waals surface area (Å²) in [5.41, 5.74) is 0.693. The van der Waals surface area contributed by atoms with Crippen LogP contribution in [0, 0.1) is 5.82 Å². The van der Waals surface area contributed by atoms with Crippen molar-refractivity contribution in [2.24, 2.45) is 0 Å². The lowest BCUT2D eigenvalue weighted by molar-refractivity contribution is -0.118. The number of hydrogen-bond donors (Lipinski definition) is 1. The van der Waals surface area contributed by atoms with Crippen LogP contribution in [0.1, 0.15) is 5.69 Å². The number of amides is 1. The van der Waals surface area contributed by atoms with E-state index in [4.69, 9.17) is 0 Å². The topological polar surface area (TPSA) is 59.8 Å². The van der Waals surface area contributed by atoms with Crippen molar-refractivity contribution in [1.82, 2.24) is 20.3 Å². The Kier molecular flexibility index (Phi) is 5.04. The summed E-state index contributed by atoms with van der Waals surface area (Å²) in [5, 5.41) is 13.8. The molecule has 0 radical (unpaired) electrons. The molecule has 0 spiro atoms. The zero-order valence-electron chi connectivity index (χ0n) is 12.0. The molecule has 0 fully saturated rings. The van der Waals surface area contributed by atoms with Gasteiger partial charge in [0.2, 0.25) is 5.91 Å². The molecule has 5 nitrogen and oxygen atoms in total. The van der Waals surface area contributed by atoms with Crippen LogP contribution in [0.5, 0.6) is 0 Å². The highest BCUT2D eigenvalue weighted by Crippen LogP contribution is 2.17. The molecule has 8 heteroatoms. The number of rotatable bonds is 6. The van der Waals surface area contributed by atoms with Gasteiger partial charge in [-0.3, -0.25) is 4.79 Å². The number of nitrogens with zero attached hydrogens (tertiary/aromatic N) is 3. The second kappa shape index (κ2) is 7.38. The third-order valence-electron chi connectivity index (χ3n) is 2.92. The minimum atomic E-state index is -0.285. The van der Waals surface area contributed by atoms with E-state index < -0.39 is 0 Å². The predicted octanol–water partition coefficient (Wildman–Crippen LogP) is 2.88. The number of thioether (sulfide) groups is 1. The van der Waals surface area contributed by atoms with Crippen molar-refractivity contribution < 1.29 is 9.18 Å². The lowest BCUT2D eigenvalue weighted by atomic mass is 10.4. The maximum atomic E-state index is 12.8. The standard InChI is InChI=1S/C15H13FN4OS2/c16-11-3-5-13(6-4-11)23-10-14(21)17-8-12-9-20(19-18-12)15-2-1-7-22-15/h1-7,9H,8,10H2,(H,17,21). The van der Waals surface area contributed by atoms with Crippen molar-refractivity contribution in [2.75, 3.05) is 5.75 Å². The van der Waals surface area contributed by atoms with Gasteiger partial charge in [-0.1, -0.05) is 5.21 Å². The van der Waals surface area contributed by atoms with Crippen LogP contribution in [-0.2, 0) is 11.3 Å². The van der Waals surface area contributed by atoms with Gasteiger partial charge in [-0.2, -0.15) is 0 Å². The number of carbonyl (C=O) groups is 1. The number of carbonyl (C=O) groups excluding carboxylic acids is 1. The molecule has 0 saturated heterocycles. The van der Waals surface area contributed by atoms with Gasteiger partial charge in [0.15, 0.2) is 0 Å². The highest BCUT2D eigenvalue weighted by Gasteiger charge is 2.07. The molecular formula is C15H13FN4OS2. The van der Waals surface area contributed by atoms with Gasteiger partial charge in [0.05, 0.1) is 18.5 Å². The third-order valence-corrected chi connectivity index (χ3v) is 4.79. The molecule has 23 heavy (non-hydrogen) atoms. The number of thiophene rings is 1. The molecule has 2 aromatic heterocycles. The number of aromatic nitrogens is 3. The Morgan fingerprint density at radius 2 is 2.13 bits per heavy atom. The van der Waals surface area contributed by atoms with Gasteiger partial charge in [0.1, 0.15) is 16.5 Å². The van der Waals surface area contributed by atoms with Crippen LogP contribution in [0.25, 0.3) is 5.00 Å². The maximum absolute atomic E-state index is 12.8. The number of halogens is 1. The fraction of sp³-hybridized carbons (Fsp3) is 0.133. The maximum Gasteiger partial charge on any atom is 0.230 e. The second-order valence-corrected chi connectivity index (χ2v) is 6.60. The van der Waals surface area contributed by atoms with E-state index in [9.17, 15) is 9.18 Å². The Hall–Kier alpha value is -2.19. The fourth-order valence-electron chi connectivity index (χ4n) is 1.81. The highest BCUT2D eigenvalue weighted by atomic mass is 32.2. The molecule has 0 aliphatic heterocycles. The smallest absolute Gasteiger partial charge is 0.230 e. The SMILES string of the molecule is O=C(CSc1ccc(F)cc1)NCc1cn(-c2cccs2)nn1. The van der Waals surface area contributed by atoms with Gasteiger partial charge in [0.25, 0.3) is 0 Å². The molecule has 118 valence electrons. The highest BCUT2D eigenvalue weighted by molar-refractivity contribution is 8.00. The quantitative estimate of drug-likeness (QED) is 0.696. The summed E-state index contributed by atoms with van der Waals surface area (Å²) < 4.78 is 14.5. The van der Waals surface area contributed by atoms with E-state index >= 15 is 0 Å². The summed E-state index contributed by atoms with van der Waals surface area (Å²) in [4.78, 5) is 12.7. The molecule has 3 rings (SSSR count). The van der Waals surface area contributed by atoms with E-state index in [0.29, 0.717) is 12.2 Å². The summed E-state index contributed by atoms with van der Waals surface area (Å²) in [7, 11) is 0. The van der Waals surface area contributed by atoms with Crippen LogP contribution < -0.4 is 5.32 Å². The molecule has 0 bridgehead atoms. The molecule has 2 heterocycles. The minimum absolute atomic E-state index is 0.106. The Labute approximate surface area is 140 Å². The van der Waals surface area contributed by atoms with E-state index in [1.54, 1.807) is 34.3 Å². The first kappa shape index (κ1) is 15.7. The van der Waals surface area contributed by atoms with Crippen LogP contribution in [-0.4, -0.2) is 26.7 Å². The number of hydrogen-bond acceptors (Lipinski definition) is 5. The third kappa shape index (κ3) is 4.40. The van der Waals surface area contributed by atoms with Crippen LogP contribution in [0.2, 0.25) is 0 Å².